The van der Waals surface area contributed by atoms with Crippen LogP contribution in [0.1, 0.15) is 27.8 Å². The van der Waals surface area contributed by atoms with Crippen molar-refractivity contribution in [1.29, 1.82) is 0 Å². The number of primary amides is 1. The minimum Gasteiger partial charge on any atom is -0.370 e. The Balaban J connectivity index is 1.58. The molecule has 3 aromatic rings. The summed E-state index contributed by atoms with van der Waals surface area (Å²) < 4.78 is 0. The standard InChI is InChI=1S/C22H23N3O2S2/c23-20(26)9-12-25(16-5-2-1-3-6-16)21(27)15-24-11-8-18-17(10-14-29-18)22(24)19-7-4-13-28-19/h1-7,10,13-14,22H,8-9,11-12,15H2,(H2,23,26)/t22-/m1/s1. The van der Waals surface area contributed by atoms with E-state index in [1.807, 2.05) is 30.3 Å². The molecule has 1 aliphatic rings. The van der Waals surface area contributed by atoms with Crippen molar-refractivity contribution < 1.29 is 9.59 Å². The van der Waals surface area contributed by atoms with Gasteiger partial charge in [0.05, 0.1) is 12.6 Å². The summed E-state index contributed by atoms with van der Waals surface area (Å²) in [5.41, 5.74) is 7.44. The molecule has 4 rings (SSSR count). The molecule has 0 spiro atoms. The van der Waals surface area contributed by atoms with Crippen LogP contribution in [0.15, 0.2) is 59.3 Å². The molecule has 2 amide bonds. The number of nitrogens with two attached hydrogens (primary N) is 1. The third-order valence-electron chi connectivity index (χ3n) is 5.17. The van der Waals surface area contributed by atoms with Gasteiger partial charge in [0, 0.05) is 35.0 Å². The van der Waals surface area contributed by atoms with E-state index in [-0.39, 0.29) is 18.4 Å². The van der Waals surface area contributed by atoms with Crippen LogP contribution >= 0.6 is 22.7 Å². The van der Waals surface area contributed by atoms with Gasteiger partial charge in [-0.2, -0.15) is 0 Å². The second kappa shape index (κ2) is 8.90. The van der Waals surface area contributed by atoms with Crippen molar-refractivity contribution in [3.63, 3.8) is 0 Å². The zero-order chi connectivity index (χ0) is 20.2. The van der Waals surface area contributed by atoms with E-state index < -0.39 is 5.91 Å². The maximum Gasteiger partial charge on any atom is 0.241 e. The summed E-state index contributed by atoms with van der Waals surface area (Å²) in [5, 5.41) is 4.22. The topological polar surface area (TPSA) is 66.6 Å². The van der Waals surface area contributed by atoms with Crippen molar-refractivity contribution in [3.05, 3.63) is 74.6 Å². The number of anilines is 1. The maximum atomic E-state index is 13.3. The summed E-state index contributed by atoms with van der Waals surface area (Å²) in [6, 6.07) is 16.0. The first-order valence-corrected chi connectivity index (χ1v) is 11.4. The highest BCUT2D eigenvalue weighted by Gasteiger charge is 2.32. The number of amides is 2. The molecule has 0 fully saturated rings. The first-order chi connectivity index (χ1) is 14.1. The van der Waals surface area contributed by atoms with Crippen molar-refractivity contribution in [2.45, 2.75) is 18.9 Å². The predicted molar refractivity (Wildman–Crippen MR) is 118 cm³/mol. The number of hydrogen-bond acceptors (Lipinski definition) is 5. The molecule has 0 bridgehead atoms. The van der Waals surface area contributed by atoms with Crippen LogP contribution in [-0.2, 0) is 16.0 Å². The number of nitrogens with zero attached hydrogens (tertiary/aromatic N) is 2. The third kappa shape index (κ3) is 4.42. The van der Waals surface area contributed by atoms with Gasteiger partial charge in [-0.3, -0.25) is 14.5 Å². The molecule has 5 nitrogen and oxygen atoms in total. The zero-order valence-electron chi connectivity index (χ0n) is 16.0. The second-order valence-electron chi connectivity index (χ2n) is 7.03. The molecule has 29 heavy (non-hydrogen) atoms. The highest BCUT2D eigenvalue weighted by Crippen LogP contribution is 2.39. The van der Waals surface area contributed by atoms with Gasteiger partial charge in [0.1, 0.15) is 0 Å². The first kappa shape index (κ1) is 19.8. The monoisotopic (exact) mass is 425 g/mol. The van der Waals surface area contributed by atoms with E-state index in [2.05, 4.69) is 33.9 Å². The molecule has 0 radical (unpaired) electrons. The number of para-hydroxylation sites is 1. The van der Waals surface area contributed by atoms with Crippen molar-refractivity contribution in [3.8, 4) is 0 Å². The van der Waals surface area contributed by atoms with E-state index in [1.165, 1.54) is 15.3 Å². The van der Waals surface area contributed by atoms with Crippen LogP contribution < -0.4 is 10.6 Å². The molecule has 1 aliphatic heterocycles. The van der Waals surface area contributed by atoms with E-state index in [4.69, 9.17) is 5.73 Å². The van der Waals surface area contributed by atoms with E-state index in [0.717, 1.165) is 18.7 Å². The lowest BCUT2D eigenvalue weighted by Gasteiger charge is -2.36. The number of carbonyl (C=O) groups is 2. The molecule has 7 heteroatoms. The SMILES string of the molecule is NC(=O)CCN(C(=O)CN1CCc2sccc2[C@@H]1c1cccs1)c1ccccc1. The average molecular weight is 426 g/mol. The maximum absolute atomic E-state index is 13.3. The van der Waals surface area contributed by atoms with Gasteiger partial charge in [-0.15, -0.1) is 22.7 Å². The minimum atomic E-state index is -0.406. The third-order valence-corrected chi connectivity index (χ3v) is 7.09. The van der Waals surface area contributed by atoms with Crippen LogP contribution in [0.25, 0.3) is 0 Å². The average Bonchev–Trinajstić information content (AvgIpc) is 3.40. The number of carbonyl (C=O) groups excluding carboxylic acids is 2. The molecule has 2 N–H and O–H groups in total. The quantitative estimate of drug-likeness (QED) is 0.628. The number of benzene rings is 1. The molecule has 150 valence electrons. The summed E-state index contributed by atoms with van der Waals surface area (Å²) >= 11 is 3.52. The second-order valence-corrected chi connectivity index (χ2v) is 9.01. The highest BCUT2D eigenvalue weighted by atomic mass is 32.1. The molecule has 0 saturated carbocycles. The first-order valence-electron chi connectivity index (χ1n) is 9.61. The Kier molecular flexibility index (Phi) is 6.08. The largest absolute Gasteiger partial charge is 0.370 e. The van der Waals surface area contributed by atoms with Crippen molar-refractivity contribution in [2.24, 2.45) is 5.73 Å². The van der Waals surface area contributed by atoms with Gasteiger partial charge in [0.25, 0.3) is 0 Å². The Morgan fingerprint density at radius 2 is 1.90 bits per heavy atom. The molecule has 0 unspecified atom stereocenters. The Labute approximate surface area is 178 Å². The fourth-order valence-electron chi connectivity index (χ4n) is 3.81. The van der Waals surface area contributed by atoms with Crippen molar-refractivity contribution in [1.82, 2.24) is 4.90 Å². The fourth-order valence-corrected chi connectivity index (χ4v) is 5.59. The van der Waals surface area contributed by atoms with Crippen LogP contribution in [0.2, 0.25) is 0 Å². The highest BCUT2D eigenvalue weighted by molar-refractivity contribution is 7.10. The molecule has 0 saturated heterocycles. The van der Waals surface area contributed by atoms with Gasteiger partial charge in [-0.25, -0.2) is 0 Å². The molecular weight excluding hydrogens is 402 g/mol. The van der Waals surface area contributed by atoms with Crippen LogP contribution in [0, 0.1) is 0 Å². The molecular formula is C22H23N3O2S2. The van der Waals surface area contributed by atoms with Crippen molar-refractivity contribution >= 4 is 40.2 Å². The summed E-state index contributed by atoms with van der Waals surface area (Å²) in [6.45, 7) is 1.42. The van der Waals surface area contributed by atoms with Crippen LogP contribution in [-0.4, -0.2) is 36.3 Å². The lowest BCUT2D eigenvalue weighted by molar-refractivity contribution is -0.120. The van der Waals surface area contributed by atoms with Crippen LogP contribution in [0.5, 0.6) is 0 Å². The molecule has 0 aliphatic carbocycles. The minimum absolute atomic E-state index is 0.0160. The summed E-state index contributed by atoms with van der Waals surface area (Å²) in [7, 11) is 0. The van der Waals surface area contributed by atoms with E-state index >= 15 is 0 Å². The summed E-state index contributed by atoms with van der Waals surface area (Å²) in [6.07, 6.45) is 1.10. The fraction of sp³-hybridized carbons (Fsp3) is 0.273. The summed E-state index contributed by atoms with van der Waals surface area (Å²) in [5.74, 6) is -0.422. The van der Waals surface area contributed by atoms with Gasteiger partial charge >= 0.3 is 0 Å². The van der Waals surface area contributed by atoms with E-state index in [0.29, 0.717) is 13.1 Å². The zero-order valence-corrected chi connectivity index (χ0v) is 17.6. The van der Waals surface area contributed by atoms with E-state index in [9.17, 15) is 9.59 Å². The van der Waals surface area contributed by atoms with E-state index in [1.54, 1.807) is 27.6 Å². The molecule has 1 aromatic carbocycles. The molecule has 3 heterocycles. The van der Waals surface area contributed by atoms with Gasteiger partial charge in [-0.05, 0) is 47.0 Å². The molecule has 2 aromatic heterocycles. The van der Waals surface area contributed by atoms with Crippen LogP contribution in [0.3, 0.4) is 0 Å². The Hall–Kier alpha value is -2.48. The Bertz CT molecular complexity index is 969. The lowest BCUT2D eigenvalue weighted by Crippen LogP contribution is -2.45. The number of hydrogen-bond donors (Lipinski definition) is 1. The van der Waals surface area contributed by atoms with Gasteiger partial charge in [0.2, 0.25) is 11.8 Å². The predicted octanol–water partition coefficient (Wildman–Crippen LogP) is 3.67. The number of rotatable bonds is 7. The lowest BCUT2D eigenvalue weighted by atomic mass is 9.98. The van der Waals surface area contributed by atoms with Crippen LogP contribution in [0.4, 0.5) is 5.69 Å². The number of fused-ring (bicyclic) bond motifs is 1. The van der Waals surface area contributed by atoms with Gasteiger partial charge in [0.15, 0.2) is 0 Å². The molecule has 1 atom stereocenters. The normalized spacial score (nSPS) is 16.3. The van der Waals surface area contributed by atoms with Gasteiger partial charge in [-0.1, -0.05) is 24.3 Å². The Morgan fingerprint density at radius 1 is 1.07 bits per heavy atom. The Morgan fingerprint density at radius 3 is 2.62 bits per heavy atom. The van der Waals surface area contributed by atoms with Crippen molar-refractivity contribution in [2.75, 3.05) is 24.5 Å². The van der Waals surface area contributed by atoms with Gasteiger partial charge < -0.3 is 10.6 Å². The summed E-state index contributed by atoms with van der Waals surface area (Å²) in [4.78, 5) is 31.3. The number of thiophene rings is 2. The smallest absolute Gasteiger partial charge is 0.241 e.